The molecule has 3 nitrogen and oxygen atoms in total. The van der Waals surface area contributed by atoms with Gasteiger partial charge in [-0.1, -0.05) is 35.2 Å². The maximum absolute atomic E-state index is 13.4. The third kappa shape index (κ3) is 4.33. The van der Waals surface area contributed by atoms with Crippen LogP contribution in [0.1, 0.15) is 11.1 Å². The Kier molecular flexibility index (Phi) is 5.85. The highest BCUT2D eigenvalue weighted by Gasteiger charge is 2.16. The van der Waals surface area contributed by atoms with Crippen LogP contribution >= 0.6 is 23.2 Å². The monoisotopic (exact) mass is 400 g/mol. The summed E-state index contributed by atoms with van der Waals surface area (Å²) >= 11 is 12.6. The number of hydrogen-bond donors (Lipinski definition) is 1. The predicted octanol–water partition coefficient (Wildman–Crippen LogP) is 5.38. The van der Waals surface area contributed by atoms with Crippen molar-refractivity contribution in [2.45, 2.75) is 6.42 Å². The SMILES string of the molecule is C#CCOc1ccc(Cc2ccnc(Cl)c2-c2ccc(F)cc2Cl)c(N)c1. The molecule has 0 aliphatic rings. The first-order chi connectivity index (χ1) is 13.0. The molecule has 0 amide bonds. The van der Waals surface area contributed by atoms with Crippen molar-refractivity contribution < 1.29 is 9.13 Å². The molecule has 0 radical (unpaired) electrons. The van der Waals surface area contributed by atoms with Crippen molar-refractivity contribution in [3.8, 4) is 29.2 Å². The molecular weight excluding hydrogens is 386 g/mol. The number of anilines is 1. The van der Waals surface area contributed by atoms with Crippen molar-refractivity contribution in [3.63, 3.8) is 0 Å². The second-order valence-electron chi connectivity index (χ2n) is 5.79. The molecule has 0 atom stereocenters. The standard InChI is InChI=1S/C21H15Cl2FN2O/c1-2-9-27-16-5-3-13(19(25)12-16)10-14-7-8-26-21(23)20(14)17-6-4-15(24)11-18(17)22/h1,3-8,11-12H,9-10,25H2. The topological polar surface area (TPSA) is 48.1 Å². The molecule has 2 N–H and O–H groups in total. The molecule has 2 aromatic carbocycles. The number of terminal acetylenes is 1. The Hall–Kier alpha value is -2.74. The van der Waals surface area contributed by atoms with E-state index in [4.69, 9.17) is 40.1 Å². The van der Waals surface area contributed by atoms with Crippen molar-refractivity contribution >= 4 is 28.9 Å². The van der Waals surface area contributed by atoms with E-state index >= 15 is 0 Å². The second kappa shape index (κ2) is 8.30. The van der Waals surface area contributed by atoms with Gasteiger partial charge in [-0.05, 0) is 41.5 Å². The summed E-state index contributed by atoms with van der Waals surface area (Å²) in [6.07, 6.45) is 7.30. The fourth-order valence-corrected chi connectivity index (χ4v) is 3.29. The number of ether oxygens (including phenoxy) is 1. The maximum Gasteiger partial charge on any atom is 0.148 e. The van der Waals surface area contributed by atoms with Gasteiger partial charge in [0.25, 0.3) is 0 Å². The minimum absolute atomic E-state index is 0.173. The molecule has 0 bridgehead atoms. The van der Waals surface area contributed by atoms with Crippen LogP contribution in [0, 0.1) is 18.2 Å². The number of rotatable bonds is 5. The minimum atomic E-state index is -0.419. The maximum atomic E-state index is 13.4. The number of nitrogen functional groups attached to an aromatic ring is 1. The number of nitrogens with two attached hydrogens (primary N) is 1. The molecule has 136 valence electrons. The van der Waals surface area contributed by atoms with Crippen molar-refractivity contribution in [2.75, 3.05) is 12.3 Å². The smallest absolute Gasteiger partial charge is 0.148 e. The zero-order chi connectivity index (χ0) is 19.4. The molecule has 3 aromatic rings. The second-order valence-corrected chi connectivity index (χ2v) is 6.56. The Morgan fingerprint density at radius 1 is 1.11 bits per heavy atom. The van der Waals surface area contributed by atoms with E-state index in [1.54, 1.807) is 24.4 Å². The van der Waals surface area contributed by atoms with Crippen molar-refractivity contribution in [2.24, 2.45) is 0 Å². The summed E-state index contributed by atoms with van der Waals surface area (Å²) in [6.45, 7) is 0.173. The van der Waals surface area contributed by atoms with Crippen LogP contribution in [0.2, 0.25) is 10.2 Å². The quantitative estimate of drug-likeness (QED) is 0.355. The molecule has 1 heterocycles. The molecule has 3 rings (SSSR count). The largest absolute Gasteiger partial charge is 0.481 e. The van der Waals surface area contributed by atoms with Gasteiger partial charge in [0.15, 0.2) is 0 Å². The van der Waals surface area contributed by atoms with E-state index in [1.165, 1.54) is 12.1 Å². The van der Waals surface area contributed by atoms with E-state index in [-0.39, 0.29) is 16.8 Å². The fourth-order valence-electron chi connectivity index (χ4n) is 2.75. The van der Waals surface area contributed by atoms with Gasteiger partial charge in [0.1, 0.15) is 23.3 Å². The highest BCUT2D eigenvalue weighted by molar-refractivity contribution is 6.36. The molecule has 1 aromatic heterocycles. The Bertz CT molecular complexity index is 1030. The molecule has 0 saturated heterocycles. The van der Waals surface area contributed by atoms with Gasteiger partial charge in [0.05, 0.1) is 5.02 Å². The van der Waals surface area contributed by atoms with Crippen LogP contribution in [0.4, 0.5) is 10.1 Å². The number of aromatic nitrogens is 1. The molecule has 0 fully saturated rings. The van der Waals surface area contributed by atoms with E-state index in [0.29, 0.717) is 29.0 Å². The van der Waals surface area contributed by atoms with E-state index in [0.717, 1.165) is 11.1 Å². The van der Waals surface area contributed by atoms with Crippen LogP contribution in [0.25, 0.3) is 11.1 Å². The summed E-state index contributed by atoms with van der Waals surface area (Å²) in [4.78, 5) is 4.13. The zero-order valence-electron chi connectivity index (χ0n) is 14.2. The normalized spacial score (nSPS) is 10.4. The molecule has 0 aliphatic heterocycles. The zero-order valence-corrected chi connectivity index (χ0v) is 15.7. The Morgan fingerprint density at radius 3 is 2.63 bits per heavy atom. The lowest BCUT2D eigenvalue weighted by Gasteiger charge is -2.14. The molecule has 0 spiro atoms. The van der Waals surface area contributed by atoms with Gasteiger partial charge in [-0.3, -0.25) is 0 Å². The number of nitrogens with zero attached hydrogens (tertiary/aromatic N) is 1. The average Bonchev–Trinajstić information content (AvgIpc) is 2.63. The van der Waals surface area contributed by atoms with E-state index in [1.807, 2.05) is 12.1 Å². The lowest BCUT2D eigenvalue weighted by Crippen LogP contribution is -2.01. The molecule has 0 aliphatic carbocycles. The molecule has 27 heavy (non-hydrogen) atoms. The third-order valence-electron chi connectivity index (χ3n) is 4.01. The van der Waals surface area contributed by atoms with Crippen LogP contribution in [0.15, 0.2) is 48.7 Å². The number of hydrogen-bond acceptors (Lipinski definition) is 3. The molecule has 6 heteroatoms. The van der Waals surface area contributed by atoms with Crippen molar-refractivity contribution in [1.82, 2.24) is 4.98 Å². The lowest BCUT2D eigenvalue weighted by molar-refractivity contribution is 0.370. The van der Waals surface area contributed by atoms with E-state index in [2.05, 4.69) is 10.9 Å². The van der Waals surface area contributed by atoms with Gasteiger partial charge in [0.2, 0.25) is 0 Å². The van der Waals surface area contributed by atoms with Gasteiger partial charge >= 0.3 is 0 Å². The van der Waals surface area contributed by atoms with Crippen LogP contribution in [0.3, 0.4) is 0 Å². The van der Waals surface area contributed by atoms with Gasteiger partial charge in [0, 0.05) is 35.5 Å². The Morgan fingerprint density at radius 2 is 1.93 bits per heavy atom. The third-order valence-corrected chi connectivity index (χ3v) is 4.61. The van der Waals surface area contributed by atoms with E-state index in [9.17, 15) is 4.39 Å². The van der Waals surface area contributed by atoms with Gasteiger partial charge in [-0.2, -0.15) is 0 Å². The summed E-state index contributed by atoms with van der Waals surface area (Å²) in [6, 6.07) is 11.4. The summed E-state index contributed by atoms with van der Waals surface area (Å²) in [5, 5.41) is 0.547. The highest BCUT2D eigenvalue weighted by atomic mass is 35.5. The van der Waals surface area contributed by atoms with Crippen LogP contribution < -0.4 is 10.5 Å². The summed E-state index contributed by atoms with van der Waals surface area (Å²) in [5.41, 5.74) is 9.73. The average molecular weight is 401 g/mol. The van der Waals surface area contributed by atoms with Crippen molar-refractivity contribution in [3.05, 3.63) is 75.8 Å². The Labute approximate surface area is 166 Å². The first-order valence-electron chi connectivity index (χ1n) is 8.03. The summed E-state index contributed by atoms with van der Waals surface area (Å²) in [5.74, 6) is 2.59. The van der Waals surface area contributed by atoms with Crippen LogP contribution in [0.5, 0.6) is 5.75 Å². The predicted molar refractivity (Wildman–Crippen MR) is 108 cm³/mol. The molecule has 0 saturated carbocycles. The first-order valence-corrected chi connectivity index (χ1v) is 8.78. The Balaban J connectivity index is 1.99. The fraction of sp³-hybridized carbons (Fsp3) is 0.0952. The lowest BCUT2D eigenvalue weighted by atomic mass is 9.96. The van der Waals surface area contributed by atoms with Crippen LogP contribution in [-0.4, -0.2) is 11.6 Å². The molecule has 0 unspecified atom stereocenters. The summed E-state index contributed by atoms with van der Waals surface area (Å²) in [7, 11) is 0. The number of halogens is 3. The highest BCUT2D eigenvalue weighted by Crippen LogP contribution is 2.36. The summed E-state index contributed by atoms with van der Waals surface area (Å²) < 4.78 is 18.8. The van der Waals surface area contributed by atoms with E-state index < -0.39 is 5.82 Å². The number of pyridine rings is 1. The van der Waals surface area contributed by atoms with Crippen LogP contribution in [-0.2, 0) is 6.42 Å². The number of benzene rings is 2. The van der Waals surface area contributed by atoms with Gasteiger partial charge in [-0.15, -0.1) is 6.42 Å². The van der Waals surface area contributed by atoms with Gasteiger partial charge in [-0.25, -0.2) is 9.37 Å². The van der Waals surface area contributed by atoms with Crippen molar-refractivity contribution in [1.29, 1.82) is 0 Å². The van der Waals surface area contributed by atoms with Gasteiger partial charge < -0.3 is 10.5 Å². The minimum Gasteiger partial charge on any atom is -0.481 e. The molecular formula is C21H15Cl2FN2O. The first kappa shape index (κ1) is 19.0.